The van der Waals surface area contributed by atoms with Crippen molar-refractivity contribution >= 4 is 0 Å². The Hall–Kier alpha value is -0.0800. The zero-order valence-corrected chi connectivity index (χ0v) is 12.5. The Bertz CT molecular complexity index is 191. The van der Waals surface area contributed by atoms with Crippen LogP contribution in [0.15, 0.2) is 0 Å². The Balaban J connectivity index is 2.60. The molecule has 2 heteroatoms. The largest absolute Gasteiger partial charge is 0.313 e. The van der Waals surface area contributed by atoms with Crippen molar-refractivity contribution in [2.24, 2.45) is 11.8 Å². The van der Waals surface area contributed by atoms with Gasteiger partial charge in [0, 0.05) is 25.2 Å². The summed E-state index contributed by atoms with van der Waals surface area (Å²) in [4.78, 5) is 2.75. The Kier molecular flexibility index (Phi) is 6.50. The fourth-order valence-corrected chi connectivity index (χ4v) is 3.16. The SMILES string of the molecule is CCNC1CCCC1N(CC(C)C)CC(C)C. The van der Waals surface area contributed by atoms with Gasteiger partial charge in [-0.05, 0) is 31.2 Å². The molecule has 0 amide bonds. The fraction of sp³-hybridized carbons (Fsp3) is 1.00. The van der Waals surface area contributed by atoms with Crippen LogP contribution in [-0.4, -0.2) is 36.6 Å². The zero-order valence-electron chi connectivity index (χ0n) is 12.5. The summed E-state index contributed by atoms with van der Waals surface area (Å²) in [6.07, 6.45) is 4.15. The van der Waals surface area contributed by atoms with Crippen LogP contribution in [0.1, 0.15) is 53.9 Å². The van der Waals surface area contributed by atoms with Gasteiger partial charge in [0.2, 0.25) is 0 Å². The van der Waals surface area contributed by atoms with E-state index in [1.165, 1.54) is 32.4 Å². The Morgan fingerprint density at radius 3 is 2.12 bits per heavy atom. The molecule has 0 spiro atoms. The molecule has 1 saturated carbocycles. The van der Waals surface area contributed by atoms with Gasteiger partial charge in [0.25, 0.3) is 0 Å². The topological polar surface area (TPSA) is 15.3 Å². The molecule has 0 radical (unpaired) electrons. The lowest BCUT2D eigenvalue weighted by Crippen LogP contribution is -2.49. The van der Waals surface area contributed by atoms with Crippen molar-refractivity contribution in [3.8, 4) is 0 Å². The van der Waals surface area contributed by atoms with Gasteiger partial charge in [0.05, 0.1) is 0 Å². The smallest absolute Gasteiger partial charge is 0.0249 e. The van der Waals surface area contributed by atoms with Gasteiger partial charge in [-0.2, -0.15) is 0 Å². The van der Waals surface area contributed by atoms with E-state index in [0.717, 1.165) is 30.5 Å². The summed E-state index contributed by atoms with van der Waals surface area (Å²) in [7, 11) is 0. The first-order valence-electron chi connectivity index (χ1n) is 7.52. The molecule has 2 atom stereocenters. The number of nitrogens with one attached hydrogen (secondary N) is 1. The molecule has 102 valence electrons. The minimum Gasteiger partial charge on any atom is -0.313 e. The molecule has 0 aromatic rings. The Labute approximate surface area is 108 Å². The molecule has 2 nitrogen and oxygen atoms in total. The van der Waals surface area contributed by atoms with E-state index in [1.807, 2.05) is 0 Å². The molecule has 1 fully saturated rings. The van der Waals surface area contributed by atoms with Gasteiger partial charge < -0.3 is 5.32 Å². The summed E-state index contributed by atoms with van der Waals surface area (Å²) in [5.74, 6) is 1.55. The first kappa shape index (κ1) is 15.0. The van der Waals surface area contributed by atoms with E-state index in [4.69, 9.17) is 0 Å². The molecule has 2 unspecified atom stereocenters. The first-order chi connectivity index (χ1) is 8.04. The number of hydrogen-bond acceptors (Lipinski definition) is 2. The second kappa shape index (κ2) is 7.38. The second-order valence-electron chi connectivity index (χ2n) is 6.40. The number of likely N-dealkylation sites (N-methyl/N-ethyl adjacent to an activating group) is 1. The first-order valence-corrected chi connectivity index (χ1v) is 7.52. The van der Waals surface area contributed by atoms with Crippen LogP contribution in [0.4, 0.5) is 0 Å². The highest BCUT2D eigenvalue weighted by atomic mass is 15.2. The van der Waals surface area contributed by atoms with E-state index in [9.17, 15) is 0 Å². The monoisotopic (exact) mass is 240 g/mol. The fourth-order valence-electron chi connectivity index (χ4n) is 3.16. The van der Waals surface area contributed by atoms with Crippen LogP contribution >= 0.6 is 0 Å². The molecule has 0 heterocycles. The van der Waals surface area contributed by atoms with E-state index >= 15 is 0 Å². The lowest BCUT2D eigenvalue weighted by Gasteiger charge is -2.35. The lowest BCUT2D eigenvalue weighted by atomic mass is 10.1. The summed E-state index contributed by atoms with van der Waals surface area (Å²) < 4.78 is 0. The molecular weight excluding hydrogens is 208 g/mol. The highest BCUT2D eigenvalue weighted by molar-refractivity contribution is 4.90. The predicted octanol–water partition coefficient (Wildman–Crippen LogP) is 3.13. The van der Waals surface area contributed by atoms with Crippen LogP contribution < -0.4 is 5.32 Å². The third kappa shape index (κ3) is 4.97. The van der Waals surface area contributed by atoms with E-state index in [0.29, 0.717) is 0 Å². The Morgan fingerprint density at radius 2 is 1.65 bits per heavy atom. The second-order valence-corrected chi connectivity index (χ2v) is 6.40. The van der Waals surface area contributed by atoms with E-state index in [-0.39, 0.29) is 0 Å². The average molecular weight is 240 g/mol. The minimum absolute atomic E-state index is 0.734. The van der Waals surface area contributed by atoms with Gasteiger partial charge in [-0.25, -0.2) is 0 Å². The summed E-state index contributed by atoms with van der Waals surface area (Å²) in [6.45, 7) is 15.2. The van der Waals surface area contributed by atoms with Gasteiger partial charge in [-0.3, -0.25) is 4.90 Å². The molecule has 1 N–H and O–H groups in total. The van der Waals surface area contributed by atoms with Crippen molar-refractivity contribution in [2.75, 3.05) is 19.6 Å². The molecule has 17 heavy (non-hydrogen) atoms. The van der Waals surface area contributed by atoms with Crippen molar-refractivity contribution < 1.29 is 0 Å². The van der Waals surface area contributed by atoms with Gasteiger partial charge in [0.1, 0.15) is 0 Å². The molecule has 1 aliphatic rings. The number of hydrogen-bond donors (Lipinski definition) is 1. The molecule has 0 bridgehead atoms. The van der Waals surface area contributed by atoms with Crippen LogP contribution in [0, 0.1) is 11.8 Å². The van der Waals surface area contributed by atoms with Crippen LogP contribution in [0.2, 0.25) is 0 Å². The van der Waals surface area contributed by atoms with Gasteiger partial charge >= 0.3 is 0 Å². The van der Waals surface area contributed by atoms with E-state index in [1.54, 1.807) is 0 Å². The normalized spacial score (nSPS) is 25.4. The summed E-state index contributed by atoms with van der Waals surface area (Å²) >= 11 is 0. The highest BCUT2D eigenvalue weighted by Gasteiger charge is 2.31. The minimum atomic E-state index is 0.734. The molecule has 0 saturated heterocycles. The van der Waals surface area contributed by atoms with Crippen LogP contribution in [0.25, 0.3) is 0 Å². The van der Waals surface area contributed by atoms with Crippen molar-refractivity contribution in [1.82, 2.24) is 10.2 Å². The van der Waals surface area contributed by atoms with Gasteiger partial charge in [-0.1, -0.05) is 41.0 Å². The molecule has 0 aromatic heterocycles. The average Bonchev–Trinajstić information content (AvgIpc) is 2.64. The summed E-state index contributed by atoms with van der Waals surface area (Å²) in [5.41, 5.74) is 0. The van der Waals surface area contributed by atoms with Crippen LogP contribution in [-0.2, 0) is 0 Å². The Morgan fingerprint density at radius 1 is 1.06 bits per heavy atom. The van der Waals surface area contributed by atoms with E-state index < -0.39 is 0 Å². The molecule has 0 aliphatic heterocycles. The van der Waals surface area contributed by atoms with Crippen molar-refractivity contribution in [1.29, 1.82) is 0 Å². The van der Waals surface area contributed by atoms with Crippen LogP contribution in [0.3, 0.4) is 0 Å². The van der Waals surface area contributed by atoms with E-state index in [2.05, 4.69) is 44.8 Å². The zero-order chi connectivity index (χ0) is 12.8. The molecule has 1 aliphatic carbocycles. The maximum Gasteiger partial charge on any atom is 0.0249 e. The maximum atomic E-state index is 3.68. The standard InChI is InChI=1S/C15H32N2/c1-6-16-14-8-7-9-15(14)17(10-12(2)3)11-13(4)5/h12-16H,6-11H2,1-5H3. The summed E-state index contributed by atoms with van der Waals surface area (Å²) in [6, 6.07) is 1.51. The lowest BCUT2D eigenvalue weighted by molar-refractivity contribution is 0.138. The third-order valence-electron chi connectivity index (χ3n) is 3.61. The number of rotatable bonds is 7. The van der Waals surface area contributed by atoms with Gasteiger partial charge in [0.15, 0.2) is 0 Å². The molecular formula is C15H32N2. The third-order valence-corrected chi connectivity index (χ3v) is 3.61. The molecule has 0 aromatic carbocycles. The van der Waals surface area contributed by atoms with Crippen molar-refractivity contribution in [2.45, 2.75) is 66.0 Å². The van der Waals surface area contributed by atoms with Crippen LogP contribution in [0.5, 0.6) is 0 Å². The summed E-state index contributed by atoms with van der Waals surface area (Å²) in [5, 5.41) is 3.68. The quantitative estimate of drug-likeness (QED) is 0.735. The number of nitrogens with zero attached hydrogens (tertiary/aromatic N) is 1. The predicted molar refractivity (Wildman–Crippen MR) is 76.4 cm³/mol. The molecule has 1 rings (SSSR count). The maximum absolute atomic E-state index is 3.68. The van der Waals surface area contributed by atoms with Crippen molar-refractivity contribution in [3.63, 3.8) is 0 Å². The van der Waals surface area contributed by atoms with Crippen molar-refractivity contribution in [3.05, 3.63) is 0 Å². The highest BCUT2D eigenvalue weighted by Crippen LogP contribution is 2.25. The van der Waals surface area contributed by atoms with Gasteiger partial charge in [-0.15, -0.1) is 0 Å².